The van der Waals surface area contributed by atoms with E-state index in [9.17, 15) is 8.42 Å². The van der Waals surface area contributed by atoms with Crippen molar-refractivity contribution < 1.29 is 8.42 Å². The number of halogens is 5. The van der Waals surface area contributed by atoms with Crippen LogP contribution in [0.2, 0.25) is 10.0 Å². The predicted molar refractivity (Wildman–Crippen MR) is 73.2 cm³/mol. The standard InChI is InChI=1S/C7H3Br3Cl2O2S/c8-7(9,10)15(13,14)6-4(11)2-1-3-5(6)12/h1-3H. The lowest BCUT2D eigenvalue weighted by molar-refractivity contribution is 0.599. The maximum atomic E-state index is 12.0. The Morgan fingerprint density at radius 1 is 1.07 bits per heavy atom. The maximum absolute atomic E-state index is 12.0. The van der Waals surface area contributed by atoms with Crippen molar-refractivity contribution >= 4 is 80.8 Å². The summed E-state index contributed by atoms with van der Waals surface area (Å²) in [5.41, 5.74) is 0. The van der Waals surface area contributed by atoms with E-state index in [0.29, 0.717) is 0 Å². The first kappa shape index (κ1) is 14.3. The highest BCUT2D eigenvalue weighted by Gasteiger charge is 2.40. The molecule has 0 bridgehead atoms. The van der Waals surface area contributed by atoms with Gasteiger partial charge in [-0.05, 0) is 59.9 Å². The number of sulfone groups is 1. The van der Waals surface area contributed by atoms with E-state index in [1.807, 2.05) is 0 Å². The van der Waals surface area contributed by atoms with E-state index in [0.717, 1.165) is 0 Å². The fraction of sp³-hybridized carbons (Fsp3) is 0.143. The summed E-state index contributed by atoms with van der Waals surface area (Å²) in [5.74, 6) is 0. The summed E-state index contributed by atoms with van der Waals surface area (Å²) < 4.78 is 22.5. The highest BCUT2D eigenvalue weighted by Crippen LogP contribution is 2.46. The van der Waals surface area contributed by atoms with Crippen LogP contribution in [0.15, 0.2) is 23.1 Å². The third-order valence-corrected chi connectivity index (χ3v) is 7.77. The van der Waals surface area contributed by atoms with Crippen molar-refractivity contribution in [1.29, 1.82) is 0 Å². The quantitative estimate of drug-likeness (QED) is 0.575. The fourth-order valence-electron chi connectivity index (χ4n) is 0.855. The van der Waals surface area contributed by atoms with Crippen LogP contribution >= 0.6 is 71.0 Å². The van der Waals surface area contributed by atoms with Crippen molar-refractivity contribution in [2.75, 3.05) is 0 Å². The first-order chi connectivity index (χ1) is 6.68. The zero-order valence-electron chi connectivity index (χ0n) is 6.85. The van der Waals surface area contributed by atoms with Crippen LogP contribution in [0, 0.1) is 0 Å². The van der Waals surface area contributed by atoms with E-state index >= 15 is 0 Å². The number of hydrogen-bond acceptors (Lipinski definition) is 2. The Balaban J connectivity index is 3.55. The first-order valence-corrected chi connectivity index (χ1v) is 8.05. The molecular formula is C7H3Br3Cl2O2S. The normalized spacial score (nSPS) is 12.9. The molecule has 0 spiro atoms. The summed E-state index contributed by atoms with van der Waals surface area (Å²) in [7, 11) is -3.75. The lowest BCUT2D eigenvalue weighted by atomic mass is 10.4. The summed E-state index contributed by atoms with van der Waals surface area (Å²) in [6.07, 6.45) is 0. The summed E-state index contributed by atoms with van der Waals surface area (Å²) in [5, 5.41) is 0.149. The van der Waals surface area contributed by atoms with Gasteiger partial charge < -0.3 is 0 Å². The molecule has 0 N–H and O–H groups in total. The molecule has 0 aliphatic heterocycles. The minimum atomic E-state index is -3.75. The van der Waals surface area contributed by atoms with E-state index in [-0.39, 0.29) is 14.9 Å². The Bertz CT molecular complexity index is 461. The Morgan fingerprint density at radius 3 is 1.80 bits per heavy atom. The zero-order valence-corrected chi connectivity index (χ0v) is 13.9. The highest BCUT2D eigenvalue weighted by atomic mass is 80.0. The lowest BCUT2D eigenvalue weighted by Gasteiger charge is -2.15. The minimum absolute atomic E-state index is 0.0743. The Morgan fingerprint density at radius 2 is 1.47 bits per heavy atom. The van der Waals surface area contributed by atoms with E-state index in [4.69, 9.17) is 23.2 Å². The van der Waals surface area contributed by atoms with Gasteiger partial charge in [-0.3, -0.25) is 0 Å². The van der Waals surface area contributed by atoms with E-state index < -0.39 is 11.3 Å². The monoisotopic (exact) mass is 458 g/mol. The molecule has 0 amide bonds. The van der Waals surface area contributed by atoms with E-state index in [1.54, 1.807) is 6.07 Å². The van der Waals surface area contributed by atoms with Crippen LogP contribution in [0.1, 0.15) is 0 Å². The number of rotatable bonds is 1. The second-order valence-corrected chi connectivity index (χ2v) is 13.7. The van der Waals surface area contributed by atoms with E-state index in [2.05, 4.69) is 47.8 Å². The van der Waals surface area contributed by atoms with Crippen LogP contribution in [0.25, 0.3) is 0 Å². The first-order valence-electron chi connectivity index (χ1n) is 3.43. The third kappa shape index (κ3) is 2.90. The summed E-state index contributed by atoms with van der Waals surface area (Å²) >= 11 is 20.4. The maximum Gasteiger partial charge on any atom is 0.239 e. The van der Waals surface area contributed by atoms with Crippen molar-refractivity contribution in [1.82, 2.24) is 0 Å². The van der Waals surface area contributed by atoms with Crippen molar-refractivity contribution in [2.45, 2.75) is 6.37 Å². The van der Waals surface area contributed by atoms with Crippen LogP contribution in [0.4, 0.5) is 0 Å². The highest BCUT2D eigenvalue weighted by molar-refractivity contribution is 9.42. The van der Waals surface area contributed by atoms with E-state index in [1.165, 1.54) is 12.1 Å². The topological polar surface area (TPSA) is 34.1 Å². The SMILES string of the molecule is O=S(=O)(c1c(Cl)cccc1Cl)C(Br)(Br)Br. The van der Waals surface area contributed by atoms with Gasteiger partial charge >= 0.3 is 0 Å². The lowest BCUT2D eigenvalue weighted by Crippen LogP contribution is -2.18. The van der Waals surface area contributed by atoms with Gasteiger partial charge in [0.05, 0.1) is 10.0 Å². The Hall–Kier alpha value is 1.19. The third-order valence-electron chi connectivity index (χ3n) is 1.49. The summed E-state index contributed by atoms with van der Waals surface area (Å²) in [6.45, 7) is 0. The molecule has 2 nitrogen and oxygen atoms in total. The van der Waals surface area contributed by atoms with Gasteiger partial charge in [0.1, 0.15) is 4.90 Å². The van der Waals surface area contributed by atoms with Crippen molar-refractivity contribution in [3.05, 3.63) is 28.2 Å². The molecule has 0 aliphatic carbocycles. The van der Waals surface area contributed by atoms with Crippen LogP contribution in [-0.2, 0) is 9.84 Å². The van der Waals surface area contributed by atoms with Gasteiger partial charge in [0.2, 0.25) is 11.3 Å². The Kier molecular flexibility index (Phi) is 4.58. The average molecular weight is 462 g/mol. The second kappa shape index (κ2) is 4.82. The minimum Gasteiger partial charge on any atom is -0.220 e. The van der Waals surface area contributed by atoms with Crippen molar-refractivity contribution in [3.8, 4) is 0 Å². The number of hydrogen-bond donors (Lipinski definition) is 0. The van der Waals surface area contributed by atoms with Gasteiger partial charge in [0.15, 0.2) is 0 Å². The van der Waals surface area contributed by atoms with Crippen molar-refractivity contribution in [2.24, 2.45) is 0 Å². The fourth-order valence-corrected chi connectivity index (χ4v) is 4.20. The molecule has 0 aliphatic rings. The van der Waals surface area contributed by atoms with Gasteiger partial charge in [0.25, 0.3) is 0 Å². The smallest absolute Gasteiger partial charge is 0.220 e. The van der Waals surface area contributed by atoms with Crippen molar-refractivity contribution in [3.63, 3.8) is 0 Å². The molecule has 1 aromatic carbocycles. The Labute approximate surface area is 123 Å². The molecule has 0 saturated heterocycles. The van der Waals surface area contributed by atoms with Gasteiger partial charge in [-0.1, -0.05) is 29.3 Å². The molecule has 0 atom stereocenters. The van der Waals surface area contributed by atoms with Gasteiger partial charge in [-0.15, -0.1) is 0 Å². The number of alkyl halides is 3. The predicted octanol–water partition coefficient (Wildman–Crippen LogP) is 4.56. The summed E-state index contributed by atoms with van der Waals surface area (Å²) in [6, 6.07) is 4.49. The molecule has 1 rings (SSSR count). The zero-order chi connectivity index (χ0) is 11.9. The molecule has 0 radical (unpaired) electrons. The molecule has 0 fully saturated rings. The van der Waals surface area contributed by atoms with Crippen LogP contribution in [-0.4, -0.2) is 9.89 Å². The van der Waals surface area contributed by atoms with Gasteiger partial charge in [0, 0.05) is 0 Å². The van der Waals surface area contributed by atoms with Gasteiger partial charge in [-0.2, -0.15) is 0 Å². The summed E-state index contributed by atoms with van der Waals surface area (Å²) in [4.78, 5) is -0.126. The van der Waals surface area contributed by atoms with Crippen LogP contribution in [0.5, 0.6) is 0 Å². The van der Waals surface area contributed by atoms with Crippen LogP contribution < -0.4 is 0 Å². The average Bonchev–Trinajstić information content (AvgIpc) is 2.00. The molecule has 1 aromatic rings. The molecule has 0 aromatic heterocycles. The van der Waals surface area contributed by atoms with Gasteiger partial charge in [-0.25, -0.2) is 8.42 Å². The molecule has 8 heteroatoms. The molecule has 0 heterocycles. The molecular weight excluding hydrogens is 459 g/mol. The molecule has 15 heavy (non-hydrogen) atoms. The molecule has 0 unspecified atom stereocenters. The number of benzene rings is 1. The van der Waals surface area contributed by atoms with Crippen LogP contribution in [0.3, 0.4) is 0 Å². The molecule has 84 valence electrons. The molecule has 0 saturated carbocycles. The largest absolute Gasteiger partial charge is 0.239 e. The second-order valence-electron chi connectivity index (χ2n) is 2.50.